The maximum atomic E-state index is 12.2. The molecule has 23 heavy (non-hydrogen) atoms. The molecule has 0 aliphatic heterocycles. The number of rotatable bonds is 5. The number of nitrogens with zero attached hydrogens (tertiary/aromatic N) is 1. The lowest BCUT2D eigenvalue weighted by Crippen LogP contribution is -2.28. The fourth-order valence-electron chi connectivity index (χ4n) is 2.94. The van der Waals surface area contributed by atoms with Crippen molar-refractivity contribution in [2.24, 2.45) is 5.92 Å². The van der Waals surface area contributed by atoms with Crippen molar-refractivity contribution in [2.45, 2.75) is 39.2 Å². The molecular formula is C19H22N2O2. The Kier molecular flexibility index (Phi) is 4.91. The largest absolute Gasteiger partial charge is 0.438 e. The highest BCUT2D eigenvalue weighted by Gasteiger charge is 2.22. The first-order chi connectivity index (χ1) is 11.2. The molecule has 120 valence electrons. The van der Waals surface area contributed by atoms with E-state index in [0.29, 0.717) is 12.4 Å². The Morgan fingerprint density at radius 2 is 2.00 bits per heavy atom. The molecule has 0 radical (unpaired) electrons. The molecule has 1 aromatic carbocycles. The maximum absolute atomic E-state index is 12.2. The fourth-order valence-corrected chi connectivity index (χ4v) is 2.94. The van der Waals surface area contributed by atoms with Crippen LogP contribution in [0.1, 0.15) is 36.8 Å². The fraction of sp³-hybridized carbons (Fsp3) is 0.368. The summed E-state index contributed by atoms with van der Waals surface area (Å²) in [7, 11) is 0. The van der Waals surface area contributed by atoms with Gasteiger partial charge in [0, 0.05) is 24.2 Å². The number of carbonyl (C=O) groups excluding carboxylic acids is 1. The lowest BCUT2D eigenvalue weighted by molar-refractivity contribution is -0.124. The zero-order valence-electron chi connectivity index (χ0n) is 13.4. The summed E-state index contributed by atoms with van der Waals surface area (Å²) in [5, 5.41) is 3.02. The Hall–Kier alpha value is -2.36. The number of hydrogen-bond acceptors (Lipinski definition) is 3. The predicted octanol–water partition coefficient (Wildman–Crippen LogP) is 3.99. The van der Waals surface area contributed by atoms with Crippen LogP contribution in [0.25, 0.3) is 0 Å². The first-order valence-electron chi connectivity index (χ1n) is 8.19. The Morgan fingerprint density at radius 1 is 1.22 bits per heavy atom. The highest BCUT2D eigenvalue weighted by atomic mass is 16.5. The topological polar surface area (TPSA) is 51.2 Å². The average molecular weight is 310 g/mol. The van der Waals surface area contributed by atoms with Crippen LogP contribution in [0.2, 0.25) is 0 Å². The van der Waals surface area contributed by atoms with Gasteiger partial charge in [0.15, 0.2) is 0 Å². The highest BCUT2D eigenvalue weighted by molar-refractivity contribution is 5.78. The van der Waals surface area contributed by atoms with Gasteiger partial charge in [0.1, 0.15) is 5.75 Å². The van der Waals surface area contributed by atoms with Crippen molar-refractivity contribution >= 4 is 5.91 Å². The van der Waals surface area contributed by atoms with Crippen molar-refractivity contribution in [3.8, 4) is 11.6 Å². The summed E-state index contributed by atoms with van der Waals surface area (Å²) in [6.07, 6.45) is 6.03. The molecule has 1 aromatic heterocycles. The van der Waals surface area contributed by atoms with E-state index >= 15 is 0 Å². The molecule has 2 aromatic rings. The van der Waals surface area contributed by atoms with Gasteiger partial charge in [-0.15, -0.1) is 0 Å². The van der Waals surface area contributed by atoms with Gasteiger partial charge in [-0.1, -0.05) is 37.1 Å². The van der Waals surface area contributed by atoms with Crippen molar-refractivity contribution in [1.82, 2.24) is 10.3 Å². The minimum Gasteiger partial charge on any atom is -0.438 e. The van der Waals surface area contributed by atoms with Crippen LogP contribution in [-0.4, -0.2) is 10.9 Å². The third kappa shape index (κ3) is 3.89. The standard InChI is InChI=1S/C19H22N2O2/c1-14-7-2-5-11-17(14)23-19-16(10-6-12-20-19)13-21-18(22)15-8-3-4-9-15/h2,5-7,10-12,15H,3-4,8-9,13H2,1H3,(H,21,22). The van der Waals surface area contributed by atoms with Gasteiger partial charge in [-0.2, -0.15) is 0 Å². The van der Waals surface area contributed by atoms with Gasteiger partial charge in [0.2, 0.25) is 11.8 Å². The number of carbonyl (C=O) groups is 1. The summed E-state index contributed by atoms with van der Waals surface area (Å²) >= 11 is 0. The van der Waals surface area contributed by atoms with E-state index in [1.165, 1.54) is 0 Å². The first kappa shape index (κ1) is 15.5. The van der Waals surface area contributed by atoms with Crippen LogP contribution in [0.5, 0.6) is 11.6 Å². The number of nitrogens with one attached hydrogen (secondary N) is 1. The van der Waals surface area contributed by atoms with E-state index in [1.54, 1.807) is 6.20 Å². The number of pyridine rings is 1. The van der Waals surface area contributed by atoms with Gasteiger partial charge < -0.3 is 10.1 Å². The van der Waals surface area contributed by atoms with Crippen LogP contribution < -0.4 is 10.1 Å². The monoisotopic (exact) mass is 310 g/mol. The van der Waals surface area contributed by atoms with E-state index in [2.05, 4.69) is 10.3 Å². The minimum atomic E-state index is 0.146. The summed E-state index contributed by atoms with van der Waals surface area (Å²) in [6.45, 7) is 2.45. The predicted molar refractivity (Wildman–Crippen MR) is 89.3 cm³/mol. The molecule has 1 saturated carbocycles. The molecule has 0 unspecified atom stereocenters. The molecule has 0 saturated heterocycles. The van der Waals surface area contributed by atoms with Crippen molar-refractivity contribution in [1.29, 1.82) is 0 Å². The van der Waals surface area contributed by atoms with Crippen molar-refractivity contribution in [3.63, 3.8) is 0 Å². The van der Waals surface area contributed by atoms with Crippen molar-refractivity contribution in [3.05, 3.63) is 53.7 Å². The van der Waals surface area contributed by atoms with Crippen molar-refractivity contribution in [2.75, 3.05) is 0 Å². The Balaban J connectivity index is 1.68. The second kappa shape index (κ2) is 7.27. The second-order valence-electron chi connectivity index (χ2n) is 6.03. The second-order valence-corrected chi connectivity index (χ2v) is 6.03. The Labute approximate surface area is 136 Å². The van der Waals surface area contributed by atoms with E-state index in [9.17, 15) is 4.79 Å². The average Bonchev–Trinajstić information content (AvgIpc) is 3.10. The number of benzene rings is 1. The van der Waals surface area contributed by atoms with Crippen LogP contribution in [-0.2, 0) is 11.3 Å². The first-order valence-corrected chi connectivity index (χ1v) is 8.19. The van der Waals surface area contributed by atoms with Gasteiger partial charge >= 0.3 is 0 Å². The number of para-hydroxylation sites is 1. The SMILES string of the molecule is Cc1ccccc1Oc1ncccc1CNC(=O)C1CCCC1. The van der Waals surface area contributed by atoms with E-state index in [0.717, 1.165) is 42.6 Å². The zero-order valence-corrected chi connectivity index (χ0v) is 13.4. The van der Waals surface area contributed by atoms with Gasteiger partial charge in [0.05, 0.1) is 0 Å². The molecule has 0 spiro atoms. The van der Waals surface area contributed by atoms with Crippen LogP contribution in [0.15, 0.2) is 42.6 Å². The molecule has 1 amide bonds. The third-order valence-corrected chi connectivity index (χ3v) is 4.33. The molecule has 4 heteroatoms. The molecule has 1 N–H and O–H groups in total. The molecule has 3 rings (SSSR count). The molecule has 1 aliphatic rings. The summed E-state index contributed by atoms with van der Waals surface area (Å²) in [4.78, 5) is 16.5. The quantitative estimate of drug-likeness (QED) is 0.908. The molecule has 1 heterocycles. The number of amides is 1. The molecule has 4 nitrogen and oxygen atoms in total. The lowest BCUT2D eigenvalue weighted by atomic mass is 10.1. The summed E-state index contributed by atoms with van der Waals surface area (Å²) in [5.74, 6) is 1.66. The summed E-state index contributed by atoms with van der Waals surface area (Å²) < 4.78 is 5.94. The molecular weight excluding hydrogens is 288 g/mol. The van der Waals surface area contributed by atoms with Crippen LogP contribution >= 0.6 is 0 Å². The minimum absolute atomic E-state index is 0.146. The normalized spacial score (nSPS) is 14.7. The Morgan fingerprint density at radius 3 is 2.78 bits per heavy atom. The van der Waals surface area contributed by atoms with E-state index < -0.39 is 0 Å². The Bertz CT molecular complexity index is 679. The zero-order chi connectivity index (χ0) is 16.1. The van der Waals surface area contributed by atoms with Crippen molar-refractivity contribution < 1.29 is 9.53 Å². The number of ether oxygens (including phenoxy) is 1. The van der Waals surface area contributed by atoms with E-state index in [1.807, 2.05) is 43.3 Å². The molecule has 0 atom stereocenters. The van der Waals surface area contributed by atoms with Gasteiger partial charge in [0.25, 0.3) is 0 Å². The smallest absolute Gasteiger partial charge is 0.224 e. The number of hydrogen-bond donors (Lipinski definition) is 1. The van der Waals surface area contributed by atoms with Crippen LogP contribution in [0, 0.1) is 12.8 Å². The van der Waals surface area contributed by atoms with Crippen LogP contribution in [0.4, 0.5) is 0 Å². The van der Waals surface area contributed by atoms with Gasteiger partial charge in [-0.3, -0.25) is 4.79 Å². The molecule has 1 fully saturated rings. The van der Waals surface area contributed by atoms with E-state index in [-0.39, 0.29) is 11.8 Å². The molecule has 1 aliphatic carbocycles. The lowest BCUT2D eigenvalue weighted by Gasteiger charge is -2.14. The van der Waals surface area contributed by atoms with Crippen LogP contribution in [0.3, 0.4) is 0 Å². The third-order valence-electron chi connectivity index (χ3n) is 4.33. The molecule has 0 bridgehead atoms. The summed E-state index contributed by atoms with van der Waals surface area (Å²) in [6, 6.07) is 11.6. The number of aryl methyl sites for hydroxylation is 1. The maximum Gasteiger partial charge on any atom is 0.224 e. The van der Waals surface area contributed by atoms with E-state index in [4.69, 9.17) is 4.74 Å². The summed E-state index contributed by atoms with van der Waals surface area (Å²) in [5.41, 5.74) is 1.95. The van der Waals surface area contributed by atoms with Gasteiger partial charge in [-0.25, -0.2) is 4.98 Å². The number of aromatic nitrogens is 1. The van der Waals surface area contributed by atoms with Gasteiger partial charge in [-0.05, 0) is 37.5 Å². The highest BCUT2D eigenvalue weighted by Crippen LogP contribution is 2.27.